The molecule has 1 saturated heterocycles. The van der Waals surface area contributed by atoms with E-state index in [2.05, 4.69) is 27.9 Å². The zero-order chi connectivity index (χ0) is 20.3. The number of rotatable bonds is 3. The van der Waals surface area contributed by atoms with Crippen LogP contribution in [0.1, 0.15) is 24.0 Å². The standard InChI is InChI=1S/C20H23N5O4/c1-10-6-11-4-2-3-5-12(11)14(10)20(17(28)16(27)13(7-26)29-20)25-9-24-15-18(21)22-8-23-19(15)25/h2-5,8-10,13-14,16-17,26-28H,6-7H2,1H3,(H2,21,22,23)/t10-,13+,14-,16+,17+,20+/m0/s1. The summed E-state index contributed by atoms with van der Waals surface area (Å²) >= 11 is 0. The maximum Gasteiger partial charge on any atom is 0.183 e. The Morgan fingerprint density at radius 2 is 2.03 bits per heavy atom. The number of anilines is 1. The summed E-state index contributed by atoms with van der Waals surface area (Å²) < 4.78 is 7.94. The number of hydrogen-bond acceptors (Lipinski definition) is 8. The average Bonchev–Trinajstić information content (AvgIpc) is 3.37. The second kappa shape index (κ2) is 6.46. The van der Waals surface area contributed by atoms with Gasteiger partial charge in [-0.15, -0.1) is 0 Å². The van der Waals surface area contributed by atoms with Crippen molar-refractivity contribution in [2.45, 2.75) is 43.3 Å². The van der Waals surface area contributed by atoms with Crippen molar-refractivity contribution in [3.8, 4) is 0 Å². The van der Waals surface area contributed by atoms with Gasteiger partial charge in [-0.2, -0.15) is 0 Å². The van der Waals surface area contributed by atoms with E-state index in [-0.39, 0.29) is 17.7 Å². The Kier molecular flexibility index (Phi) is 4.11. The molecule has 9 heteroatoms. The van der Waals surface area contributed by atoms with E-state index in [0.29, 0.717) is 11.2 Å². The maximum atomic E-state index is 11.3. The molecule has 0 radical (unpaired) electrons. The van der Waals surface area contributed by atoms with Crippen LogP contribution in [0.2, 0.25) is 0 Å². The van der Waals surface area contributed by atoms with E-state index in [1.165, 1.54) is 18.2 Å². The summed E-state index contributed by atoms with van der Waals surface area (Å²) in [6, 6.07) is 8.01. The maximum absolute atomic E-state index is 11.3. The highest BCUT2D eigenvalue weighted by Crippen LogP contribution is 2.54. The van der Waals surface area contributed by atoms with Crippen molar-refractivity contribution in [2.75, 3.05) is 12.3 Å². The third-order valence-electron chi connectivity index (χ3n) is 6.33. The van der Waals surface area contributed by atoms with Gasteiger partial charge < -0.3 is 25.8 Å². The van der Waals surface area contributed by atoms with Gasteiger partial charge in [0, 0.05) is 5.92 Å². The second-order valence-electron chi connectivity index (χ2n) is 7.93. The minimum absolute atomic E-state index is 0.100. The van der Waals surface area contributed by atoms with E-state index < -0.39 is 30.6 Å². The molecular weight excluding hydrogens is 374 g/mol. The van der Waals surface area contributed by atoms with Gasteiger partial charge in [0.05, 0.1) is 12.9 Å². The zero-order valence-corrected chi connectivity index (χ0v) is 15.9. The van der Waals surface area contributed by atoms with E-state index in [1.807, 2.05) is 18.2 Å². The minimum Gasteiger partial charge on any atom is -0.394 e. The first-order valence-corrected chi connectivity index (χ1v) is 9.65. The molecule has 3 aromatic rings. The van der Waals surface area contributed by atoms with Crippen LogP contribution in [0.3, 0.4) is 0 Å². The van der Waals surface area contributed by atoms with Crippen LogP contribution >= 0.6 is 0 Å². The van der Waals surface area contributed by atoms with Crippen LogP contribution in [0, 0.1) is 5.92 Å². The number of benzene rings is 1. The number of aliphatic hydroxyl groups is 3. The molecule has 29 heavy (non-hydrogen) atoms. The molecule has 1 aromatic carbocycles. The quantitative estimate of drug-likeness (QED) is 0.490. The summed E-state index contributed by atoms with van der Waals surface area (Å²) in [5.41, 5.74) is 7.55. The first-order chi connectivity index (χ1) is 14.0. The van der Waals surface area contributed by atoms with Crippen LogP contribution in [-0.2, 0) is 16.9 Å². The predicted octanol–water partition coefficient (Wildman–Crippen LogP) is 0.150. The summed E-state index contributed by atoms with van der Waals surface area (Å²) in [5, 5.41) is 31.8. The molecule has 0 amide bonds. The summed E-state index contributed by atoms with van der Waals surface area (Å²) in [6.07, 6.45) is 0.128. The first kappa shape index (κ1) is 18.4. The zero-order valence-electron chi connectivity index (χ0n) is 15.9. The van der Waals surface area contributed by atoms with Gasteiger partial charge in [0.2, 0.25) is 0 Å². The molecule has 3 heterocycles. The number of aromatic nitrogens is 4. The molecule has 2 aromatic heterocycles. The van der Waals surface area contributed by atoms with Gasteiger partial charge in [0.1, 0.15) is 30.2 Å². The van der Waals surface area contributed by atoms with E-state index in [1.54, 1.807) is 4.57 Å². The molecule has 2 aliphatic rings. The smallest absolute Gasteiger partial charge is 0.183 e. The molecular formula is C20H23N5O4. The van der Waals surface area contributed by atoms with Crippen LogP contribution < -0.4 is 5.73 Å². The highest BCUT2D eigenvalue weighted by atomic mass is 16.6. The van der Waals surface area contributed by atoms with Crippen molar-refractivity contribution < 1.29 is 20.1 Å². The van der Waals surface area contributed by atoms with Crippen molar-refractivity contribution in [2.24, 2.45) is 5.92 Å². The molecule has 0 spiro atoms. The monoisotopic (exact) mass is 397 g/mol. The van der Waals surface area contributed by atoms with Gasteiger partial charge in [0.25, 0.3) is 0 Å². The highest BCUT2D eigenvalue weighted by molar-refractivity contribution is 5.81. The Morgan fingerprint density at radius 1 is 1.24 bits per heavy atom. The number of aliphatic hydroxyl groups excluding tert-OH is 3. The van der Waals surface area contributed by atoms with E-state index >= 15 is 0 Å². The third-order valence-corrected chi connectivity index (χ3v) is 6.33. The van der Waals surface area contributed by atoms with Gasteiger partial charge in [-0.25, -0.2) is 15.0 Å². The Labute approximate surface area is 166 Å². The van der Waals surface area contributed by atoms with Crippen molar-refractivity contribution in [3.63, 3.8) is 0 Å². The lowest BCUT2D eigenvalue weighted by atomic mass is 9.80. The minimum atomic E-state index is -1.41. The summed E-state index contributed by atoms with van der Waals surface area (Å²) in [5.74, 6) is 0.0207. The van der Waals surface area contributed by atoms with Gasteiger partial charge in [-0.05, 0) is 23.5 Å². The second-order valence-corrected chi connectivity index (χ2v) is 7.93. The van der Waals surface area contributed by atoms with E-state index in [4.69, 9.17) is 10.5 Å². The van der Waals surface area contributed by atoms with Crippen molar-refractivity contribution in [3.05, 3.63) is 48.0 Å². The van der Waals surface area contributed by atoms with Crippen LogP contribution in [-0.4, -0.2) is 59.8 Å². The molecule has 5 rings (SSSR count). The van der Waals surface area contributed by atoms with Crippen LogP contribution in [0.4, 0.5) is 5.82 Å². The summed E-state index contributed by atoms with van der Waals surface area (Å²) in [6.45, 7) is 1.66. The molecule has 9 nitrogen and oxygen atoms in total. The SMILES string of the molecule is C[C@H]1Cc2ccccc2[C@H]1[C@@]1(n2cnc3c(N)ncnc32)O[C@H](CO)[C@@H](O)[C@H]1O. The average molecular weight is 397 g/mol. The van der Waals surface area contributed by atoms with Crippen molar-refractivity contribution in [1.82, 2.24) is 19.5 Å². The molecule has 152 valence electrons. The number of nitrogens with zero attached hydrogens (tertiary/aromatic N) is 4. The first-order valence-electron chi connectivity index (χ1n) is 9.65. The largest absolute Gasteiger partial charge is 0.394 e. The van der Waals surface area contributed by atoms with Crippen LogP contribution in [0.5, 0.6) is 0 Å². The normalized spacial score (nSPS) is 34.0. The molecule has 0 bridgehead atoms. The Hall–Kier alpha value is -2.59. The Bertz CT molecular complexity index is 1070. The van der Waals surface area contributed by atoms with Gasteiger partial charge >= 0.3 is 0 Å². The lowest BCUT2D eigenvalue weighted by Gasteiger charge is -2.41. The van der Waals surface area contributed by atoms with Crippen molar-refractivity contribution >= 4 is 17.0 Å². The number of ether oxygens (including phenoxy) is 1. The molecule has 0 unspecified atom stereocenters. The molecule has 6 atom stereocenters. The molecule has 0 saturated carbocycles. The van der Waals surface area contributed by atoms with Gasteiger partial charge in [0.15, 0.2) is 17.2 Å². The van der Waals surface area contributed by atoms with Gasteiger partial charge in [-0.3, -0.25) is 4.57 Å². The lowest BCUT2D eigenvalue weighted by Crippen LogP contribution is -2.51. The molecule has 1 aliphatic heterocycles. The van der Waals surface area contributed by atoms with Crippen molar-refractivity contribution in [1.29, 1.82) is 0 Å². The number of nitrogen functional groups attached to an aromatic ring is 1. The summed E-state index contributed by atoms with van der Waals surface area (Å²) in [4.78, 5) is 12.7. The Morgan fingerprint density at radius 3 is 2.79 bits per heavy atom. The number of fused-ring (bicyclic) bond motifs is 2. The van der Waals surface area contributed by atoms with Crippen LogP contribution in [0.25, 0.3) is 11.2 Å². The lowest BCUT2D eigenvalue weighted by molar-refractivity contribution is -0.169. The molecule has 1 fully saturated rings. The fourth-order valence-electron chi connectivity index (χ4n) is 5.12. The fraction of sp³-hybridized carbons (Fsp3) is 0.450. The molecule has 1 aliphatic carbocycles. The van der Waals surface area contributed by atoms with Crippen LogP contribution in [0.15, 0.2) is 36.9 Å². The Balaban J connectivity index is 1.79. The fourth-order valence-corrected chi connectivity index (χ4v) is 5.12. The molecule has 5 N–H and O–H groups in total. The highest BCUT2D eigenvalue weighted by Gasteiger charge is 2.62. The number of imidazole rings is 1. The van der Waals surface area contributed by atoms with E-state index in [0.717, 1.165) is 12.0 Å². The van der Waals surface area contributed by atoms with Gasteiger partial charge in [-0.1, -0.05) is 31.2 Å². The van der Waals surface area contributed by atoms with E-state index in [9.17, 15) is 15.3 Å². The third kappa shape index (κ3) is 2.39. The number of hydrogen-bond donors (Lipinski definition) is 4. The topological polar surface area (TPSA) is 140 Å². The predicted molar refractivity (Wildman–Crippen MR) is 104 cm³/mol. The summed E-state index contributed by atoms with van der Waals surface area (Å²) in [7, 11) is 0. The number of nitrogens with two attached hydrogens (primary N) is 1.